The molecular weight excluding hydrogens is 344 g/mol. The third-order valence-electron chi connectivity index (χ3n) is 4.30. The van der Waals surface area contributed by atoms with Crippen molar-refractivity contribution >= 4 is 27.4 Å². The van der Waals surface area contributed by atoms with E-state index in [0.29, 0.717) is 6.54 Å². The first kappa shape index (κ1) is 16.7. The molecule has 2 aromatic carbocycles. The quantitative estimate of drug-likeness (QED) is 0.488. The van der Waals surface area contributed by atoms with E-state index in [1.807, 2.05) is 24.4 Å². The van der Waals surface area contributed by atoms with Crippen LogP contribution in [0.2, 0.25) is 0 Å². The fraction of sp³-hybridized carbons (Fsp3) is 0.211. The van der Waals surface area contributed by atoms with E-state index in [1.54, 1.807) is 11.3 Å². The summed E-state index contributed by atoms with van der Waals surface area (Å²) in [5.41, 5.74) is 10.7. The molecule has 0 radical (unpaired) electrons. The number of hydrogen-bond acceptors (Lipinski definition) is 6. The molecule has 1 atom stereocenters. The van der Waals surface area contributed by atoms with E-state index in [2.05, 4.69) is 56.9 Å². The third kappa shape index (κ3) is 3.58. The zero-order valence-electron chi connectivity index (χ0n) is 14.4. The molecule has 0 fully saturated rings. The maximum absolute atomic E-state index is 6.23. The minimum absolute atomic E-state index is 0.0220. The van der Waals surface area contributed by atoms with Gasteiger partial charge >= 0.3 is 0 Å². The van der Waals surface area contributed by atoms with Crippen LogP contribution in [0.15, 0.2) is 48.7 Å². The molecule has 4 N–H and O–H groups in total. The highest BCUT2D eigenvalue weighted by Gasteiger charge is 2.12. The van der Waals surface area contributed by atoms with Gasteiger partial charge in [-0.3, -0.25) is 5.10 Å². The van der Waals surface area contributed by atoms with Gasteiger partial charge in [-0.1, -0.05) is 41.7 Å². The van der Waals surface area contributed by atoms with E-state index in [9.17, 15) is 0 Å². The SMILES string of the molecule is Cc1cc2[nH]ncc2cc1-c1nnc(NC[C@@H](N)Cc2ccccc2)s1. The molecule has 2 aromatic heterocycles. The standard InChI is InChI=1S/C19H20N6S/c1-12-7-17-14(10-22-23-17)9-16(12)18-24-25-19(26-18)21-11-15(20)8-13-5-3-2-4-6-13/h2-7,9-10,15H,8,11,20H2,1H3,(H,21,25)(H,22,23)/t15-/m0/s1. The van der Waals surface area contributed by atoms with Crippen LogP contribution >= 0.6 is 11.3 Å². The van der Waals surface area contributed by atoms with Gasteiger partial charge in [0.15, 0.2) is 0 Å². The number of aromatic amines is 1. The largest absolute Gasteiger partial charge is 0.359 e. The van der Waals surface area contributed by atoms with Gasteiger partial charge in [-0.2, -0.15) is 5.10 Å². The second-order valence-electron chi connectivity index (χ2n) is 6.37. The Morgan fingerprint density at radius 2 is 2.04 bits per heavy atom. The zero-order valence-corrected chi connectivity index (χ0v) is 15.3. The predicted octanol–water partition coefficient (Wildman–Crippen LogP) is 3.37. The van der Waals surface area contributed by atoms with Crippen LogP contribution in [0.3, 0.4) is 0 Å². The number of rotatable bonds is 6. The monoisotopic (exact) mass is 364 g/mol. The molecular formula is C19H20N6S. The highest BCUT2D eigenvalue weighted by molar-refractivity contribution is 7.18. The van der Waals surface area contributed by atoms with Gasteiger partial charge in [0.1, 0.15) is 5.01 Å². The molecule has 26 heavy (non-hydrogen) atoms. The molecule has 0 saturated heterocycles. The molecule has 4 rings (SSSR count). The highest BCUT2D eigenvalue weighted by atomic mass is 32.1. The van der Waals surface area contributed by atoms with Crippen LogP contribution in [0.5, 0.6) is 0 Å². The maximum Gasteiger partial charge on any atom is 0.206 e. The van der Waals surface area contributed by atoms with Crippen molar-refractivity contribution in [3.05, 3.63) is 59.8 Å². The first-order valence-electron chi connectivity index (χ1n) is 8.50. The zero-order chi connectivity index (χ0) is 17.9. The number of hydrogen-bond donors (Lipinski definition) is 3. The molecule has 6 nitrogen and oxygen atoms in total. The summed E-state index contributed by atoms with van der Waals surface area (Å²) in [6.45, 7) is 2.73. The van der Waals surface area contributed by atoms with E-state index in [0.717, 1.165) is 38.6 Å². The number of nitrogens with one attached hydrogen (secondary N) is 2. The summed E-state index contributed by atoms with van der Waals surface area (Å²) < 4.78 is 0. The van der Waals surface area contributed by atoms with Crippen molar-refractivity contribution in [2.75, 3.05) is 11.9 Å². The summed E-state index contributed by atoms with van der Waals surface area (Å²) in [5, 5.41) is 21.7. The van der Waals surface area contributed by atoms with Crippen molar-refractivity contribution in [1.82, 2.24) is 20.4 Å². The smallest absolute Gasteiger partial charge is 0.206 e. The molecule has 2 heterocycles. The minimum Gasteiger partial charge on any atom is -0.359 e. The third-order valence-corrected chi connectivity index (χ3v) is 5.21. The van der Waals surface area contributed by atoms with Gasteiger partial charge in [0.2, 0.25) is 5.13 Å². The fourth-order valence-electron chi connectivity index (χ4n) is 2.94. The Morgan fingerprint density at radius 1 is 1.19 bits per heavy atom. The fourth-order valence-corrected chi connectivity index (χ4v) is 3.77. The maximum atomic E-state index is 6.23. The molecule has 0 spiro atoms. The molecule has 0 unspecified atom stereocenters. The molecule has 0 aliphatic heterocycles. The number of nitrogens with zero attached hydrogens (tertiary/aromatic N) is 3. The van der Waals surface area contributed by atoms with Crippen molar-refractivity contribution in [3.8, 4) is 10.6 Å². The number of H-pyrrole nitrogens is 1. The Morgan fingerprint density at radius 3 is 2.88 bits per heavy atom. The molecule has 0 aliphatic carbocycles. The average molecular weight is 364 g/mol. The summed E-state index contributed by atoms with van der Waals surface area (Å²) >= 11 is 1.54. The molecule has 0 aliphatic rings. The molecule has 4 aromatic rings. The second kappa shape index (κ2) is 7.23. The van der Waals surface area contributed by atoms with E-state index >= 15 is 0 Å². The van der Waals surface area contributed by atoms with Gasteiger partial charge in [-0.05, 0) is 36.6 Å². The number of aryl methyl sites for hydroxylation is 1. The van der Waals surface area contributed by atoms with Gasteiger partial charge in [0.25, 0.3) is 0 Å². The van der Waals surface area contributed by atoms with Crippen molar-refractivity contribution in [2.24, 2.45) is 5.73 Å². The van der Waals surface area contributed by atoms with Gasteiger partial charge in [-0.25, -0.2) is 0 Å². The van der Waals surface area contributed by atoms with Crippen LogP contribution in [0.1, 0.15) is 11.1 Å². The number of nitrogens with two attached hydrogens (primary N) is 1. The average Bonchev–Trinajstić information content (AvgIpc) is 3.29. The Balaban J connectivity index is 1.43. The van der Waals surface area contributed by atoms with Crippen molar-refractivity contribution in [1.29, 1.82) is 0 Å². The normalized spacial score (nSPS) is 12.4. The highest BCUT2D eigenvalue weighted by Crippen LogP contribution is 2.31. The first-order valence-corrected chi connectivity index (χ1v) is 9.31. The minimum atomic E-state index is 0.0220. The summed E-state index contributed by atoms with van der Waals surface area (Å²) in [7, 11) is 0. The van der Waals surface area contributed by atoms with E-state index < -0.39 is 0 Å². The van der Waals surface area contributed by atoms with Gasteiger partial charge in [0, 0.05) is 23.5 Å². The molecule has 0 amide bonds. The Hall–Kier alpha value is -2.77. The summed E-state index contributed by atoms with van der Waals surface area (Å²) in [6.07, 6.45) is 2.65. The molecule has 0 saturated carbocycles. The number of fused-ring (bicyclic) bond motifs is 1. The lowest BCUT2D eigenvalue weighted by Gasteiger charge is -2.11. The van der Waals surface area contributed by atoms with Gasteiger partial charge in [0.05, 0.1) is 11.7 Å². The summed E-state index contributed by atoms with van der Waals surface area (Å²) in [6, 6.07) is 14.5. The van der Waals surface area contributed by atoms with Crippen molar-refractivity contribution in [3.63, 3.8) is 0 Å². The lowest BCUT2D eigenvalue weighted by Crippen LogP contribution is -2.31. The molecule has 132 valence electrons. The van der Waals surface area contributed by atoms with Gasteiger partial charge in [-0.15, -0.1) is 10.2 Å². The molecule has 7 heteroatoms. The van der Waals surface area contributed by atoms with E-state index in [4.69, 9.17) is 5.73 Å². The van der Waals surface area contributed by atoms with Crippen molar-refractivity contribution in [2.45, 2.75) is 19.4 Å². The summed E-state index contributed by atoms with van der Waals surface area (Å²) in [5.74, 6) is 0. The van der Waals surface area contributed by atoms with Crippen molar-refractivity contribution < 1.29 is 0 Å². The number of benzene rings is 2. The van der Waals surface area contributed by atoms with Crippen LogP contribution in [0, 0.1) is 6.92 Å². The Bertz CT molecular complexity index is 1010. The van der Waals surface area contributed by atoms with Crippen LogP contribution in [-0.2, 0) is 6.42 Å². The lowest BCUT2D eigenvalue weighted by molar-refractivity contribution is 0.698. The second-order valence-corrected chi connectivity index (χ2v) is 7.34. The predicted molar refractivity (Wildman–Crippen MR) is 106 cm³/mol. The topological polar surface area (TPSA) is 92.5 Å². The number of aromatic nitrogens is 4. The van der Waals surface area contributed by atoms with Crippen LogP contribution in [0.4, 0.5) is 5.13 Å². The Kier molecular flexibility index (Phi) is 4.64. The number of anilines is 1. The first-order chi connectivity index (χ1) is 12.7. The van der Waals surface area contributed by atoms with E-state index in [1.165, 1.54) is 5.56 Å². The van der Waals surface area contributed by atoms with Crippen LogP contribution in [0.25, 0.3) is 21.5 Å². The molecule has 0 bridgehead atoms. The van der Waals surface area contributed by atoms with Crippen LogP contribution in [-0.4, -0.2) is 33.0 Å². The summed E-state index contributed by atoms with van der Waals surface area (Å²) in [4.78, 5) is 0. The van der Waals surface area contributed by atoms with Gasteiger partial charge < -0.3 is 11.1 Å². The Labute approximate surface area is 155 Å². The van der Waals surface area contributed by atoms with E-state index in [-0.39, 0.29) is 6.04 Å². The lowest BCUT2D eigenvalue weighted by atomic mass is 10.1. The van der Waals surface area contributed by atoms with Crippen LogP contribution < -0.4 is 11.1 Å².